The predicted octanol–water partition coefficient (Wildman–Crippen LogP) is 3.34. The Hall–Kier alpha value is -1.86. The highest BCUT2D eigenvalue weighted by Crippen LogP contribution is 2.36. The molecule has 0 amide bonds. The molecule has 3 saturated heterocycles. The van der Waals surface area contributed by atoms with Crippen molar-refractivity contribution in [2.45, 2.75) is 167 Å². The minimum absolute atomic E-state index is 0.0427. The molecule has 4 rings (SSSR count). The highest BCUT2D eigenvalue weighted by atomic mass is 16.7. The van der Waals surface area contributed by atoms with Crippen LogP contribution in [0, 0.1) is 35.5 Å². The van der Waals surface area contributed by atoms with Crippen molar-refractivity contribution < 1.29 is 63.2 Å². The van der Waals surface area contributed by atoms with Gasteiger partial charge >= 0.3 is 5.97 Å². The van der Waals surface area contributed by atoms with Crippen LogP contribution in [0.15, 0.2) is 23.8 Å². The monoisotopic (exact) mass is 869 g/mol. The number of carbonyl (C=O) groups excluding carboxylic acids is 2. The van der Waals surface area contributed by atoms with Gasteiger partial charge in [0.2, 0.25) is 0 Å². The fourth-order valence-electron chi connectivity index (χ4n) is 10.0. The lowest BCUT2D eigenvalue weighted by molar-refractivity contribution is -0.304. The van der Waals surface area contributed by atoms with E-state index in [9.17, 15) is 30.0 Å². The number of allylic oxidation sites excluding steroid dienone is 3. The molecule has 4 aliphatic rings. The Kier molecular flexibility index (Phi) is 20.3. The van der Waals surface area contributed by atoms with Gasteiger partial charge in [-0.1, -0.05) is 52.3 Å². The van der Waals surface area contributed by atoms with Crippen molar-refractivity contribution in [1.29, 1.82) is 0 Å². The van der Waals surface area contributed by atoms with Crippen LogP contribution in [-0.2, 0) is 42.7 Å². The third-order valence-corrected chi connectivity index (χ3v) is 13.5. The maximum atomic E-state index is 14.0. The SMILES string of the molecule is CC[C@@H]1OC(=O)C[C@H](O)[C@@H](C)[C@@H](O[C@H]2O[C@@H](C)[C@H](O)[C@@H](N(C)C)[C@@H]2O)[C@H](CCN2C[C@H](C)C[C@H](C)C2)C[C@H](C)C(=O)/C=C/C(C)=C/[C@H]1CO[C@H]1O[C@@H](C)[C@H](O)[C@H](OC)[C@@H]1OC. The molecular weight excluding hydrogens is 789 g/mol. The van der Waals surface area contributed by atoms with Gasteiger partial charge in [-0.05, 0) is 90.9 Å². The number of likely N-dealkylation sites (tertiary alicyclic amines) is 1. The van der Waals surface area contributed by atoms with E-state index >= 15 is 0 Å². The largest absolute Gasteiger partial charge is 0.462 e. The molecule has 0 aliphatic carbocycles. The highest BCUT2D eigenvalue weighted by molar-refractivity contribution is 5.91. The summed E-state index contributed by atoms with van der Waals surface area (Å²) in [6.45, 7) is 18.2. The fraction of sp³-hybridized carbons (Fsp3) is 0.870. The fourth-order valence-corrected chi connectivity index (χ4v) is 10.0. The van der Waals surface area contributed by atoms with Crippen LogP contribution in [0.2, 0.25) is 0 Å². The van der Waals surface area contributed by atoms with Crippen molar-refractivity contribution in [2.75, 3.05) is 54.6 Å². The predicted molar refractivity (Wildman–Crippen MR) is 229 cm³/mol. The second kappa shape index (κ2) is 23.9. The zero-order valence-electron chi connectivity index (χ0n) is 38.9. The number of ether oxygens (including phenoxy) is 7. The van der Waals surface area contributed by atoms with Gasteiger partial charge in [0.15, 0.2) is 18.4 Å². The van der Waals surface area contributed by atoms with E-state index < -0.39 is 103 Å². The van der Waals surface area contributed by atoms with Gasteiger partial charge in [-0.3, -0.25) is 9.59 Å². The zero-order chi connectivity index (χ0) is 45.3. The number of carbonyl (C=O) groups is 2. The van der Waals surface area contributed by atoms with E-state index in [1.165, 1.54) is 20.6 Å². The van der Waals surface area contributed by atoms with Crippen molar-refractivity contribution in [3.8, 4) is 0 Å². The molecule has 0 aromatic rings. The first-order valence-electron chi connectivity index (χ1n) is 22.6. The molecular formula is C46H80N2O13. The quantitative estimate of drug-likeness (QED) is 0.209. The number of aliphatic hydroxyl groups excluding tert-OH is 4. The molecule has 61 heavy (non-hydrogen) atoms. The number of nitrogens with zero attached hydrogens (tertiary/aromatic N) is 2. The standard InChI is InChI=1S/C46H80N2O13/c1-13-36-33(24-57-46-44(56-12)43(55-11)40(53)31(8)59-46)19-25(2)14-15-34(49)28(5)20-32(16-17-48-22-26(3)18-27(4)23-48)42(29(6)35(50)21-37(51)60-36)61-45-41(54)38(47(9)10)39(52)30(7)58-45/h14-15,19,26-33,35-36,38-46,50,52-54H,13,16-18,20-24H2,1-12H3/b15-14+,25-19+/t26-,27+,28-,29+,30-,31-,32+,33-,35-,36-,38+,39-,40-,41-,42+,43-,44-,45+,46-/m0/s1. The van der Waals surface area contributed by atoms with Crippen LogP contribution in [0.5, 0.6) is 0 Å². The van der Waals surface area contributed by atoms with Gasteiger partial charge in [-0.25, -0.2) is 0 Å². The second-order valence-corrected chi connectivity index (χ2v) is 18.9. The Morgan fingerprint density at radius 2 is 1.44 bits per heavy atom. The molecule has 0 bridgehead atoms. The van der Waals surface area contributed by atoms with Gasteiger partial charge in [0.1, 0.15) is 30.5 Å². The lowest BCUT2D eigenvalue weighted by Gasteiger charge is -2.47. The number of esters is 1. The summed E-state index contributed by atoms with van der Waals surface area (Å²) in [6, 6.07) is -0.684. The van der Waals surface area contributed by atoms with Gasteiger partial charge in [0.05, 0.1) is 49.6 Å². The minimum Gasteiger partial charge on any atom is -0.462 e. The molecule has 3 fully saturated rings. The molecule has 0 aromatic carbocycles. The molecule has 15 heteroatoms. The smallest absolute Gasteiger partial charge is 0.308 e. The van der Waals surface area contributed by atoms with Crippen LogP contribution in [0.1, 0.15) is 87.5 Å². The molecule has 0 unspecified atom stereocenters. The average Bonchev–Trinajstić information content (AvgIpc) is 3.19. The molecule has 4 heterocycles. The summed E-state index contributed by atoms with van der Waals surface area (Å²) >= 11 is 0. The molecule has 0 spiro atoms. The van der Waals surface area contributed by atoms with Crippen LogP contribution >= 0.6 is 0 Å². The number of aliphatic hydroxyl groups is 4. The summed E-state index contributed by atoms with van der Waals surface area (Å²) in [5.74, 6) is -1.46. The van der Waals surface area contributed by atoms with Crippen LogP contribution in [0.25, 0.3) is 0 Å². The number of ketones is 1. The second-order valence-electron chi connectivity index (χ2n) is 18.9. The number of rotatable bonds is 12. The first-order valence-corrected chi connectivity index (χ1v) is 22.6. The van der Waals surface area contributed by atoms with Gasteiger partial charge in [0, 0.05) is 45.1 Å². The first-order chi connectivity index (χ1) is 28.8. The molecule has 4 N–H and O–H groups in total. The summed E-state index contributed by atoms with van der Waals surface area (Å²) < 4.78 is 42.6. The van der Waals surface area contributed by atoms with E-state index in [0.29, 0.717) is 31.1 Å². The normalized spacial score (nSPS) is 44.3. The van der Waals surface area contributed by atoms with E-state index in [1.54, 1.807) is 45.0 Å². The van der Waals surface area contributed by atoms with Gasteiger partial charge < -0.3 is 63.4 Å². The number of cyclic esters (lactones) is 1. The Labute approximate surface area is 365 Å². The molecule has 19 atom stereocenters. The Balaban J connectivity index is 1.68. The third kappa shape index (κ3) is 13.8. The molecule has 4 aliphatic heterocycles. The number of piperidine rings is 1. The maximum absolute atomic E-state index is 14.0. The van der Waals surface area contributed by atoms with Crippen LogP contribution in [-0.4, -0.2) is 176 Å². The summed E-state index contributed by atoms with van der Waals surface area (Å²) in [5.41, 5.74) is 0.761. The van der Waals surface area contributed by atoms with Crippen LogP contribution in [0.3, 0.4) is 0 Å². The first kappa shape index (κ1) is 51.8. The van der Waals surface area contributed by atoms with Crippen molar-refractivity contribution in [1.82, 2.24) is 9.80 Å². The van der Waals surface area contributed by atoms with E-state index in [4.69, 9.17) is 33.2 Å². The van der Waals surface area contributed by atoms with Gasteiger partial charge in [-0.15, -0.1) is 0 Å². The number of methoxy groups -OCH3 is 2. The van der Waals surface area contributed by atoms with E-state index in [1.807, 2.05) is 33.8 Å². The van der Waals surface area contributed by atoms with Crippen molar-refractivity contribution >= 4 is 11.8 Å². The molecule has 0 radical (unpaired) electrons. The zero-order valence-corrected chi connectivity index (χ0v) is 38.9. The molecule has 0 saturated carbocycles. The van der Waals surface area contributed by atoms with Gasteiger partial charge in [-0.2, -0.15) is 0 Å². The van der Waals surface area contributed by atoms with Crippen LogP contribution in [0.4, 0.5) is 0 Å². The number of hydrogen-bond donors (Lipinski definition) is 4. The highest BCUT2D eigenvalue weighted by Gasteiger charge is 2.48. The Morgan fingerprint density at radius 1 is 0.820 bits per heavy atom. The summed E-state index contributed by atoms with van der Waals surface area (Å²) in [5, 5.41) is 45.3. The maximum Gasteiger partial charge on any atom is 0.308 e. The van der Waals surface area contributed by atoms with Crippen molar-refractivity contribution in [3.05, 3.63) is 23.8 Å². The topological polar surface area (TPSA) is 186 Å². The van der Waals surface area contributed by atoms with E-state index in [-0.39, 0.29) is 24.7 Å². The van der Waals surface area contributed by atoms with Gasteiger partial charge in [0.25, 0.3) is 0 Å². The summed E-state index contributed by atoms with van der Waals surface area (Å²) in [7, 11) is 6.54. The molecule has 15 nitrogen and oxygen atoms in total. The minimum atomic E-state index is -1.23. The summed E-state index contributed by atoms with van der Waals surface area (Å²) in [6.07, 6.45) is -2.96. The van der Waals surface area contributed by atoms with E-state index in [0.717, 1.165) is 25.2 Å². The number of likely N-dealkylation sites (N-methyl/N-ethyl adjacent to an activating group) is 1. The molecule has 0 aromatic heterocycles. The van der Waals surface area contributed by atoms with Crippen molar-refractivity contribution in [3.63, 3.8) is 0 Å². The Morgan fingerprint density at radius 3 is 2.05 bits per heavy atom. The van der Waals surface area contributed by atoms with Crippen molar-refractivity contribution in [2.24, 2.45) is 35.5 Å². The Bertz CT molecular complexity index is 1420. The van der Waals surface area contributed by atoms with E-state index in [2.05, 4.69) is 18.7 Å². The van der Waals surface area contributed by atoms with Crippen LogP contribution < -0.4 is 0 Å². The number of hydrogen-bond acceptors (Lipinski definition) is 15. The lowest BCUT2D eigenvalue weighted by atomic mass is 9.79. The third-order valence-electron chi connectivity index (χ3n) is 13.5. The molecule has 352 valence electrons. The lowest BCUT2D eigenvalue weighted by Crippen LogP contribution is -2.63. The summed E-state index contributed by atoms with van der Waals surface area (Å²) in [4.78, 5) is 32.1. The average molecular weight is 869 g/mol.